The molecule has 3 fully saturated rings. The summed E-state index contributed by atoms with van der Waals surface area (Å²) in [5.41, 5.74) is 0. The van der Waals surface area contributed by atoms with Gasteiger partial charge in [0.15, 0.2) is 0 Å². The quantitative estimate of drug-likeness (QED) is 0.0244. The maximum absolute atomic E-state index is 12.2. The molecule has 0 amide bonds. The number of rotatable bonds is 68. The van der Waals surface area contributed by atoms with Crippen LogP contribution in [0.1, 0.15) is 373 Å². The number of hydrogen-bond acceptors (Lipinski definition) is 13. The lowest BCUT2D eigenvalue weighted by atomic mass is 10.0. The number of hydrogen-bond donors (Lipinski definition) is 0. The number of unbranched alkanes of at least 4 members (excludes halogenated alkanes) is 36. The molecule has 0 aromatic heterocycles. The number of esters is 5. The highest BCUT2D eigenvalue weighted by Gasteiger charge is 2.38. The molecule has 0 spiro atoms. The SMILES string of the molecule is CCCCCCCCOC(=O)CCCCCCCC1OC1CCCCCCCCOC(=O)CCCCCCCC1OC1CCCCCCCCOC(=O)CCCCCCCC1OC1CCCCCCCCOC(=O)CCCCC(=O)OCCCCCC. The summed E-state index contributed by atoms with van der Waals surface area (Å²) in [6, 6.07) is 0. The Hall–Kier alpha value is -2.77. The minimum absolute atomic E-state index is 0.0190. The first-order valence-corrected chi connectivity index (χ1v) is 37.5. The van der Waals surface area contributed by atoms with Crippen LogP contribution in [0.5, 0.6) is 0 Å². The molecular formula is C74H134O13. The Bertz CT molecular complexity index is 1640. The van der Waals surface area contributed by atoms with Crippen molar-refractivity contribution in [3.05, 3.63) is 0 Å². The molecule has 3 rings (SSSR count). The molecule has 0 bridgehead atoms. The van der Waals surface area contributed by atoms with Crippen molar-refractivity contribution in [1.29, 1.82) is 0 Å². The summed E-state index contributed by atoms with van der Waals surface area (Å²) >= 11 is 0. The highest BCUT2D eigenvalue weighted by molar-refractivity contribution is 5.71. The van der Waals surface area contributed by atoms with Crippen LogP contribution in [-0.4, -0.2) is 99.5 Å². The third kappa shape index (κ3) is 50.6. The number of carbonyl (C=O) groups is 5. The summed E-state index contributed by atoms with van der Waals surface area (Å²) in [5, 5.41) is 0. The van der Waals surface area contributed by atoms with Crippen LogP contribution in [0.2, 0.25) is 0 Å². The van der Waals surface area contributed by atoms with E-state index in [1.54, 1.807) is 0 Å². The maximum atomic E-state index is 12.2. The van der Waals surface area contributed by atoms with Crippen LogP contribution in [0.4, 0.5) is 0 Å². The molecule has 13 heteroatoms. The Morgan fingerprint density at radius 2 is 0.356 bits per heavy atom. The Labute approximate surface area is 532 Å². The molecule has 0 aliphatic carbocycles. The third-order valence-electron chi connectivity index (χ3n) is 18.1. The van der Waals surface area contributed by atoms with E-state index in [2.05, 4.69) is 13.8 Å². The van der Waals surface area contributed by atoms with Crippen molar-refractivity contribution in [3.8, 4) is 0 Å². The fraction of sp³-hybridized carbons (Fsp3) is 0.932. The van der Waals surface area contributed by atoms with E-state index in [4.69, 9.17) is 37.9 Å². The van der Waals surface area contributed by atoms with Crippen molar-refractivity contribution in [2.45, 2.75) is 410 Å². The molecule has 0 aromatic rings. The molecule has 3 heterocycles. The van der Waals surface area contributed by atoms with E-state index in [0.717, 1.165) is 103 Å². The van der Waals surface area contributed by atoms with Gasteiger partial charge in [-0.1, -0.05) is 239 Å². The van der Waals surface area contributed by atoms with Gasteiger partial charge in [-0.2, -0.15) is 0 Å². The largest absolute Gasteiger partial charge is 0.466 e. The van der Waals surface area contributed by atoms with Crippen LogP contribution in [0.3, 0.4) is 0 Å². The molecule has 6 atom stereocenters. The highest BCUT2D eigenvalue weighted by atomic mass is 16.6. The van der Waals surface area contributed by atoms with Crippen molar-refractivity contribution in [2.75, 3.05) is 33.0 Å². The summed E-state index contributed by atoms with van der Waals surface area (Å²) < 4.78 is 44.9. The van der Waals surface area contributed by atoms with Crippen LogP contribution in [0.25, 0.3) is 0 Å². The summed E-state index contributed by atoms with van der Waals surface area (Å²) in [5.74, 6) is -0.408. The van der Waals surface area contributed by atoms with E-state index in [9.17, 15) is 24.0 Å². The van der Waals surface area contributed by atoms with Crippen molar-refractivity contribution in [2.24, 2.45) is 0 Å². The number of ether oxygens (including phenoxy) is 8. The van der Waals surface area contributed by atoms with Gasteiger partial charge in [0, 0.05) is 32.1 Å². The van der Waals surface area contributed by atoms with Crippen molar-refractivity contribution in [1.82, 2.24) is 0 Å². The molecule has 13 nitrogen and oxygen atoms in total. The Morgan fingerprint density at radius 3 is 0.563 bits per heavy atom. The molecular weight excluding hydrogens is 1100 g/mol. The monoisotopic (exact) mass is 1230 g/mol. The summed E-state index contributed by atoms with van der Waals surface area (Å²) in [6.07, 6.45) is 63.2. The van der Waals surface area contributed by atoms with Crippen LogP contribution in [-0.2, 0) is 61.9 Å². The molecule has 6 unspecified atom stereocenters. The second kappa shape index (κ2) is 57.2. The minimum Gasteiger partial charge on any atom is -0.466 e. The lowest BCUT2D eigenvalue weighted by Crippen LogP contribution is -2.08. The van der Waals surface area contributed by atoms with E-state index in [0.29, 0.717) is 115 Å². The van der Waals surface area contributed by atoms with E-state index in [1.165, 1.54) is 212 Å². The van der Waals surface area contributed by atoms with Gasteiger partial charge in [0.1, 0.15) is 0 Å². The first-order valence-electron chi connectivity index (χ1n) is 37.5. The van der Waals surface area contributed by atoms with Crippen molar-refractivity contribution >= 4 is 29.8 Å². The van der Waals surface area contributed by atoms with Crippen LogP contribution in [0, 0.1) is 0 Å². The van der Waals surface area contributed by atoms with E-state index >= 15 is 0 Å². The third-order valence-corrected chi connectivity index (χ3v) is 18.1. The normalized spacial score (nSPS) is 18.4. The zero-order valence-electron chi connectivity index (χ0n) is 56.4. The summed E-state index contributed by atoms with van der Waals surface area (Å²) in [4.78, 5) is 60.1. The first-order chi connectivity index (χ1) is 42.8. The first kappa shape index (κ1) is 78.5. The maximum Gasteiger partial charge on any atom is 0.305 e. The molecule has 0 aromatic carbocycles. The van der Waals surface area contributed by atoms with Crippen molar-refractivity contribution < 1.29 is 61.9 Å². The zero-order chi connectivity index (χ0) is 62.1. The Kier molecular flexibility index (Phi) is 51.6. The molecule has 508 valence electrons. The fourth-order valence-electron chi connectivity index (χ4n) is 12.2. The predicted molar refractivity (Wildman–Crippen MR) is 351 cm³/mol. The minimum atomic E-state index is -0.160. The summed E-state index contributed by atoms with van der Waals surface area (Å²) in [7, 11) is 0. The Balaban J connectivity index is 0.915. The molecule has 3 aliphatic heterocycles. The van der Waals surface area contributed by atoms with Gasteiger partial charge in [-0.15, -0.1) is 0 Å². The molecule has 0 saturated carbocycles. The van der Waals surface area contributed by atoms with Crippen LogP contribution in [0.15, 0.2) is 0 Å². The van der Waals surface area contributed by atoms with E-state index < -0.39 is 0 Å². The second-order valence-electron chi connectivity index (χ2n) is 26.4. The molecule has 0 radical (unpaired) electrons. The summed E-state index contributed by atoms with van der Waals surface area (Å²) in [6.45, 7) is 7.10. The average Bonchev–Trinajstić information content (AvgIpc) is 3.77. The molecule has 87 heavy (non-hydrogen) atoms. The second-order valence-corrected chi connectivity index (χ2v) is 26.4. The van der Waals surface area contributed by atoms with Gasteiger partial charge in [-0.3, -0.25) is 24.0 Å². The average molecular weight is 1230 g/mol. The van der Waals surface area contributed by atoms with Crippen LogP contribution >= 0.6 is 0 Å². The van der Waals surface area contributed by atoms with Gasteiger partial charge in [0.05, 0.1) is 69.7 Å². The van der Waals surface area contributed by atoms with Gasteiger partial charge in [-0.25, -0.2) is 0 Å². The van der Waals surface area contributed by atoms with Gasteiger partial charge in [0.2, 0.25) is 0 Å². The molecule has 0 N–H and O–H groups in total. The zero-order valence-corrected chi connectivity index (χ0v) is 56.4. The van der Waals surface area contributed by atoms with E-state index in [1.807, 2.05) is 0 Å². The molecule has 3 saturated heterocycles. The fourth-order valence-corrected chi connectivity index (χ4v) is 12.2. The molecule has 3 aliphatic rings. The standard InChI is InChI=1S/C74H134O13/c1-3-5-7-9-28-44-60-81-70(75)54-38-25-16-22-35-51-67-64(85-67)48-32-19-10-13-29-45-61-82-71(76)55-39-26-17-23-36-52-68-65(86-68)49-33-20-11-14-30-46-62-83-72(77)56-40-27-18-24-37-53-69-66(87-69)50-34-21-12-15-31-47-63-84-74(79)58-42-41-57-73(78)80-59-43-8-6-4-2/h64-69H,3-63H2,1-2H3. The Morgan fingerprint density at radius 1 is 0.207 bits per heavy atom. The van der Waals surface area contributed by atoms with E-state index in [-0.39, 0.29) is 29.8 Å². The lowest BCUT2D eigenvalue weighted by Gasteiger charge is -2.06. The van der Waals surface area contributed by atoms with Gasteiger partial charge >= 0.3 is 29.8 Å². The number of epoxide rings is 3. The van der Waals surface area contributed by atoms with Gasteiger partial charge in [-0.05, 0) is 103 Å². The van der Waals surface area contributed by atoms with Crippen molar-refractivity contribution in [3.63, 3.8) is 0 Å². The highest BCUT2D eigenvalue weighted by Crippen LogP contribution is 2.34. The topological polar surface area (TPSA) is 169 Å². The predicted octanol–water partition coefficient (Wildman–Crippen LogP) is 19.9. The number of carbonyl (C=O) groups excluding carboxylic acids is 5. The van der Waals surface area contributed by atoms with Gasteiger partial charge < -0.3 is 37.9 Å². The van der Waals surface area contributed by atoms with Gasteiger partial charge in [0.25, 0.3) is 0 Å². The lowest BCUT2D eigenvalue weighted by molar-refractivity contribution is -0.146. The smallest absolute Gasteiger partial charge is 0.305 e. The van der Waals surface area contributed by atoms with Crippen LogP contribution < -0.4 is 0 Å².